The largest absolute Gasteiger partial charge is 0.339 e. The van der Waals surface area contributed by atoms with E-state index < -0.39 is 5.82 Å². The van der Waals surface area contributed by atoms with Crippen LogP contribution >= 0.6 is 0 Å². The molecule has 0 radical (unpaired) electrons. The molecule has 144 valence electrons. The number of amides is 1. The van der Waals surface area contributed by atoms with E-state index in [1.165, 1.54) is 12.3 Å². The highest BCUT2D eigenvalue weighted by Crippen LogP contribution is 2.21. The van der Waals surface area contributed by atoms with Gasteiger partial charge in [-0.3, -0.25) is 19.1 Å². The molecule has 1 amide bonds. The topological polar surface area (TPSA) is 68.1 Å². The number of halogens is 1. The van der Waals surface area contributed by atoms with Crippen molar-refractivity contribution in [2.75, 3.05) is 13.1 Å². The van der Waals surface area contributed by atoms with Crippen LogP contribution in [0, 0.1) is 18.7 Å². The third-order valence-electron chi connectivity index (χ3n) is 5.40. The molecular formula is C21H21FN4O2. The van der Waals surface area contributed by atoms with Crippen LogP contribution in [0.4, 0.5) is 4.39 Å². The van der Waals surface area contributed by atoms with Crippen molar-refractivity contribution in [2.45, 2.75) is 26.3 Å². The van der Waals surface area contributed by atoms with Crippen LogP contribution < -0.4 is 5.56 Å². The fourth-order valence-electron chi connectivity index (χ4n) is 3.79. The van der Waals surface area contributed by atoms with E-state index in [2.05, 4.69) is 9.97 Å². The highest BCUT2D eigenvalue weighted by molar-refractivity contribution is 5.94. The summed E-state index contributed by atoms with van der Waals surface area (Å²) in [5.41, 5.74) is 0.737. The molecule has 7 heteroatoms. The number of nitrogens with zero attached hydrogens (tertiary/aromatic N) is 4. The first-order chi connectivity index (χ1) is 13.5. The summed E-state index contributed by atoms with van der Waals surface area (Å²) in [6.45, 7) is 3.51. The van der Waals surface area contributed by atoms with Gasteiger partial charge in [-0.2, -0.15) is 0 Å². The SMILES string of the molecule is Cc1nc2ccccc2c(=O)n1CC1CCN(C(=O)c2ccncc2F)CC1. The van der Waals surface area contributed by atoms with Crippen molar-refractivity contribution >= 4 is 16.8 Å². The number of hydrogen-bond donors (Lipinski definition) is 0. The Hall–Kier alpha value is -3.09. The molecule has 1 aliphatic heterocycles. The van der Waals surface area contributed by atoms with Crippen molar-refractivity contribution in [3.63, 3.8) is 0 Å². The number of carbonyl (C=O) groups excluding carboxylic acids is 1. The third-order valence-corrected chi connectivity index (χ3v) is 5.40. The number of fused-ring (bicyclic) bond motifs is 1. The molecule has 1 aromatic carbocycles. The number of carbonyl (C=O) groups is 1. The second-order valence-corrected chi connectivity index (χ2v) is 7.18. The summed E-state index contributed by atoms with van der Waals surface area (Å²) in [6, 6.07) is 8.76. The van der Waals surface area contributed by atoms with Gasteiger partial charge in [-0.1, -0.05) is 12.1 Å². The molecule has 28 heavy (non-hydrogen) atoms. The van der Waals surface area contributed by atoms with Gasteiger partial charge in [-0.15, -0.1) is 0 Å². The molecule has 2 aromatic heterocycles. The van der Waals surface area contributed by atoms with Gasteiger partial charge in [0.25, 0.3) is 11.5 Å². The molecule has 0 spiro atoms. The van der Waals surface area contributed by atoms with Gasteiger partial charge >= 0.3 is 0 Å². The quantitative estimate of drug-likeness (QED) is 0.701. The summed E-state index contributed by atoms with van der Waals surface area (Å²) in [4.78, 5) is 35.3. The zero-order valence-electron chi connectivity index (χ0n) is 15.6. The maximum atomic E-state index is 13.8. The highest BCUT2D eigenvalue weighted by Gasteiger charge is 2.26. The maximum Gasteiger partial charge on any atom is 0.261 e. The zero-order valence-corrected chi connectivity index (χ0v) is 15.6. The Balaban J connectivity index is 1.47. The number of likely N-dealkylation sites (tertiary alicyclic amines) is 1. The minimum Gasteiger partial charge on any atom is -0.339 e. The van der Waals surface area contributed by atoms with Crippen LogP contribution in [-0.4, -0.2) is 38.4 Å². The lowest BCUT2D eigenvalue weighted by Crippen LogP contribution is -2.40. The number of para-hydroxylation sites is 1. The lowest BCUT2D eigenvalue weighted by atomic mass is 9.96. The second kappa shape index (κ2) is 7.50. The van der Waals surface area contributed by atoms with Gasteiger partial charge in [-0.25, -0.2) is 9.37 Å². The van der Waals surface area contributed by atoms with Gasteiger partial charge in [-0.05, 0) is 43.9 Å². The number of rotatable bonds is 3. The first-order valence-corrected chi connectivity index (χ1v) is 9.39. The van der Waals surface area contributed by atoms with E-state index >= 15 is 0 Å². The normalized spacial score (nSPS) is 15.1. The first-order valence-electron chi connectivity index (χ1n) is 9.39. The van der Waals surface area contributed by atoms with Crippen LogP contribution in [0.15, 0.2) is 47.5 Å². The molecule has 1 saturated heterocycles. The smallest absolute Gasteiger partial charge is 0.261 e. The number of benzene rings is 1. The molecule has 4 rings (SSSR count). The average molecular weight is 380 g/mol. The van der Waals surface area contributed by atoms with Crippen LogP contribution in [0.1, 0.15) is 29.0 Å². The van der Waals surface area contributed by atoms with Gasteiger partial charge in [0.15, 0.2) is 5.82 Å². The second-order valence-electron chi connectivity index (χ2n) is 7.18. The minimum atomic E-state index is -0.598. The summed E-state index contributed by atoms with van der Waals surface area (Å²) < 4.78 is 15.5. The lowest BCUT2D eigenvalue weighted by Gasteiger charge is -2.32. The van der Waals surface area contributed by atoms with Gasteiger partial charge in [0.2, 0.25) is 0 Å². The predicted molar refractivity (Wildman–Crippen MR) is 104 cm³/mol. The fraction of sp³-hybridized carbons (Fsp3) is 0.333. The summed E-state index contributed by atoms with van der Waals surface area (Å²) >= 11 is 0. The van der Waals surface area contributed by atoms with Crippen molar-refractivity contribution < 1.29 is 9.18 Å². The summed E-state index contributed by atoms with van der Waals surface area (Å²) in [7, 11) is 0. The number of piperidine rings is 1. The molecule has 3 aromatic rings. The molecule has 3 heterocycles. The van der Waals surface area contributed by atoms with Crippen molar-refractivity contribution in [1.29, 1.82) is 0 Å². The Kier molecular flexibility index (Phi) is 4.90. The standard InChI is InChI=1S/C21H21FN4O2/c1-14-24-19-5-3-2-4-17(19)21(28)26(14)13-15-7-10-25(11-8-15)20(27)16-6-9-23-12-18(16)22/h2-6,9,12,15H,7-8,10-11,13H2,1H3. The Morgan fingerprint density at radius 1 is 1.21 bits per heavy atom. The molecule has 0 N–H and O–H groups in total. The van der Waals surface area contributed by atoms with E-state index in [9.17, 15) is 14.0 Å². The van der Waals surface area contributed by atoms with Gasteiger partial charge in [0, 0.05) is 25.8 Å². The zero-order chi connectivity index (χ0) is 19.7. The summed E-state index contributed by atoms with van der Waals surface area (Å²) in [5, 5.41) is 0.619. The Morgan fingerprint density at radius 3 is 2.71 bits per heavy atom. The average Bonchev–Trinajstić information content (AvgIpc) is 2.71. The number of pyridine rings is 1. The van der Waals surface area contributed by atoms with E-state index in [4.69, 9.17) is 0 Å². The van der Waals surface area contributed by atoms with Crippen LogP contribution in [0.3, 0.4) is 0 Å². The third kappa shape index (κ3) is 3.40. The Morgan fingerprint density at radius 2 is 1.96 bits per heavy atom. The molecule has 6 nitrogen and oxygen atoms in total. The number of aryl methyl sites for hydroxylation is 1. The molecular weight excluding hydrogens is 359 g/mol. The first kappa shape index (κ1) is 18.3. The molecule has 0 aliphatic carbocycles. The fourth-order valence-corrected chi connectivity index (χ4v) is 3.79. The Labute approximate surface area is 161 Å². The summed E-state index contributed by atoms with van der Waals surface area (Å²) in [5.74, 6) is 0.0601. The number of hydrogen-bond acceptors (Lipinski definition) is 4. The predicted octanol–water partition coefficient (Wildman–Crippen LogP) is 2.79. The van der Waals surface area contributed by atoms with E-state index in [-0.39, 0.29) is 22.9 Å². The minimum absolute atomic E-state index is 0.0273. The van der Waals surface area contributed by atoms with Gasteiger partial charge < -0.3 is 4.90 Å². The van der Waals surface area contributed by atoms with Crippen molar-refractivity contribution in [2.24, 2.45) is 5.92 Å². The van der Waals surface area contributed by atoms with E-state index in [1.54, 1.807) is 15.5 Å². The molecule has 0 atom stereocenters. The molecule has 0 bridgehead atoms. The molecule has 0 unspecified atom stereocenters. The maximum absolute atomic E-state index is 13.8. The number of aromatic nitrogens is 3. The Bertz CT molecular complexity index is 1090. The van der Waals surface area contributed by atoms with Gasteiger partial charge in [0.1, 0.15) is 5.82 Å². The van der Waals surface area contributed by atoms with Crippen molar-refractivity contribution in [3.8, 4) is 0 Å². The highest BCUT2D eigenvalue weighted by atomic mass is 19.1. The van der Waals surface area contributed by atoms with Crippen molar-refractivity contribution in [1.82, 2.24) is 19.4 Å². The van der Waals surface area contributed by atoms with E-state index in [1.807, 2.05) is 25.1 Å². The summed E-state index contributed by atoms with van der Waals surface area (Å²) in [6.07, 6.45) is 4.00. The molecule has 1 aliphatic rings. The van der Waals surface area contributed by atoms with Crippen LogP contribution in [0.5, 0.6) is 0 Å². The van der Waals surface area contributed by atoms with E-state index in [0.717, 1.165) is 19.0 Å². The lowest BCUT2D eigenvalue weighted by molar-refractivity contribution is 0.0677. The van der Waals surface area contributed by atoms with Crippen LogP contribution in [0.2, 0.25) is 0 Å². The molecule has 1 fully saturated rings. The monoisotopic (exact) mass is 380 g/mol. The van der Waals surface area contributed by atoms with Crippen LogP contribution in [-0.2, 0) is 6.54 Å². The molecule has 0 saturated carbocycles. The van der Waals surface area contributed by atoms with Crippen LogP contribution in [0.25, 0.3) is 10.9 Å². The van der Waals surface area contributed by atoms with Gasteiger partial charge in [0.05, 0.1) is 22.7 Å². The van der Waals surface area contributed by atoms with Crippen molar-refractivity contribution in [3.05, 3.63) is 70.3 Å². The van der Waals surface area contributed by atoms with E-state index in [0.29, 0.717) is 36.4 Å².